The SMILES string of the molecule is C[C@@H](NC(=O)c1cnc(C(=O)O)cn1)C(=O)N(C)C. The van der Waals surface area contributed by atoms with Crippen LogP contribution in [0.1, 0.15) is 27.9 Å². The summed E-state index contributed by atoms with van der Waals surface area (Å²) in [6.45, 7) is 1.54. The van der Waals surface area contributed by atoms with Gasteiger partial charge in [-0.15, -0.1) is 0 Å². The minimum absolute atomic E-state index is 0.0524. The Morgan fingerprint density at radius 2 is 1.74 bits per heavy atom. The third kappa shape index (κ3) is 3.73. The van der Waals surface area contributed by atoms with Crippen molar-refractivity contribution in [2.24, 2.45) is 0 Å². The highest BCUT2D eigenvalue weighted by molar-refractivity contribution is 5.96. The summed E-state index contributed by atoms with van der Waals surface area (Å²) in [7, 11) is 3.15. The van der Waals surface area contributed by atoms with Crippen molar-refractivity contribution in [2.45, 2.75) is 13.0 Å². The predicted octanol–water partition coefficient (Wildman–Crippen LogP) is -0.619. The Balaban J connectivity index is 2.73. The number of carboxylic acids is 1. The van der Waals surface area contributed by atoms with E-state index in [-0.39, 0.29) is 17.3 Å². The van der Waals surface area contributed by atoms with Crippen LogP contribution in [0.3, 0.4) is 0 Å². The highest BCUT2D eigenvalue weighted by atomic mass is 16.4. The molecule has 0 saturated heterocycles. The van der Waals surface area contributed by atoms with Gasteiger partial charge in [-0.2, -0.15) is 0 Å². The van der Waals surface area contributed by atoms with Gasteiger partial charge in [-0.3, -0.25) is 9.59 Å². The van der Waals surface area contributed by atoms with Gasteiger partial charge in [0.05, 0.1) is 12.4 Å². The minimum atomic E-state index is -1.23. The molecule has 8 nitrogen and oxygen atoms in total. The van der Waals surface area contributed by atoms with E-state index in [9.17, 15) is 14.4 Å². The van der Waals surface area contributed by atoms with Gasteiger partial charge in [0.15, 0.2) is 5.69 Å². The lowest BCUT2D eigenvalue weighted by molar-refractivity contribution is -0.130. The summed E-state index contributed by atoms with van der Waals surface area (Å²) in [6.07, 6.45) is 2.03. The van der Waals surface area contributed by atoms with Crippen molar-refractivity contribution in [1.29, 1.82) is 0 Å². The van der Waals surface area contributed by atoms with Crippen molar-refractivity contribution >= 4 is 17.8 Å². The predicted molar refractivity (Wildman–Crippen MR) is 64.6 cm³/mol. The lowest BCUT2D eigenvalue weighted by Gasteiger charge is -2.17. The van der Waals surface area contributed by atoms with Gasteiger partial charge in [0.2, 0.25) is 5.91 Å². The zero-order valence-corrected chi connectivity index (χ0v) is 10.7. The molecule has 2 amide bonds. The number of hydrogen-bond donors (Lipinski definition) is 2. The number of nitrogens with one attached hydrogen (secondary N) is 1. The Labute approximate surface area is 109 Å². The third-order valence-electron chi connectivity index (χ3n) is 2.26. The van der Waals surface area contributed by atoms with Crippen molar-refractivity contribution in [2.75, 3.05) is 14.1 Å². The Morgan fingerprint density at radius 3 is 2.16 bits per heavy atom. The van der Waals surface area contributed by atoms with Crippen molar-refractivity contribution < 1.29 is 19.5 Å². The smallest absolute Gasteiger partial charge is 0.356 e. The molecule has 1 atom stereocenters. The lowest BCUT2D eigenvalue weighted by atomic mass is 10.3. The second-order valence-electron chi connectivity index (χ2n) is 4.02. The van der Waals surface area contributed by atoms with E-state index in [4.69, 9.17) is 5.11 Å². The maximum atomic E-state index is 11.7. The number of amides is 2. The van der Waals surface area contributed by atoms with Crippen LogP contribution < -0.4 is 5.32 Å². The van der Waals surface area contributed by atoms with E-state index < -0.39 is 17.9 Å². The maximum absolute atomic E-state index is 11.7. The number of aromatic nitrogens is 2. The second kappa shape index (κ2) is 5.89. The van der Waals surface area contributed by atoms with E-state index in [0.29, 0.717) is 0 Å². The van der Waals surface area contributed by atoms with Crippen molar-refractivity contribution in [3.05, 3.63) is 23.8 Å². The fraction of sp³-hybridized carbons (Fsp3) is 0.364. The van der Waals surface area contributed by atoms with Gasteiger partial charge in [-0.25, -0.2) is 14.8 Å². The molecule has 1 aromatic rings. The molecule has 0 aliphatic carbocycles. The molecule has 0 radical (unpaired) electrons. The molecule has 1 heterocycles. The molecular formula is C11H14N4O4. The molecule has 0 aliphatic rings. The summed E-state index contributed by atoms with van der Waals surface area (Å²) in [6, 6.07) is -0.705. The Bertz CT molecular complexity index is 498. The van der Waals surface area contributed by atoms with Crippen LogP contribution in [0, 0.1) is 0 Å². The number of carbonyl (C=O) groups is 3. The van der Waals surface area contributed by atoms with E-state index in [1.54, 1.807) is 21.0 Å². The maximum Gasteiger partial charge on any atom is 0.356 e. The van der Waals surface area contributed by atoms with Crippen molar-refractivity contribution in [3.8, 4) is 0 Å². The molecular weight excluding hydrogens is 252 g/mol. The van der Waals surface area contributed by atoms with Crippen LogP contribution in [0.15, 0.2) is 12.4 Å². The molecule has 19 heavy (non-hydrogen) atoms. The normalized spacial score (nSPS) is 11.5. The van der Waals surface area contributed by atoms with Gasteiger partial charge < -0.3 is 15.3 Å². The first-order valence-corrected chi connectivity index (χ1v) is 5.40. The number of aromatic carboxylic acids is 1. The van der Waals surface area contributed by atoms with Crippen LogP contribution in [0.4, 0.5) is 0 Å². The van der Waals surface area contributed by atoms with Gasteiger partial charge in [-0.05, 0) is 6.92 Å². The second-order valence-corrected chi connectivity index (χ2v) is 4.02. The first-order chi connectivity index (χ1) is 8.82. The summed E-state index contributed by atoms with van der Waals surface area (Å²) in [4.78, 5) is 42.4. The van der Waals surface area contributed by atoms with Gasteiger partial charge in [-0.1, -0.05) is 0 Å². The van der Waals surface area contributed by atoms with E-state index >= 15 is 0 Å². The number of nitrogens with zero attached hydrogens (tertiary/aromatic N) is 3. The van der Waals surface area contributed by atoms with Crippen LogP contribution in [-0.4, -0.2) is 57.9 Å². The largest absolute Gasteiger partial charge is 0.476 e. The van der Waals surface area contributed by atoms with Gasteiger partial charge >= 0.3 is 5.97 Å². The molecule has 1 rings (SSSR count). The molecule has 8 heteroatoms. The first kappa shape index (κ1) is 14.6. The third-order valence-corrected chi connectivity index (χ3v) is 2.26. The highest BCUT2D eigenvalue weighted by Gasteiger charge is 2.19. The lowest BCUT2D eigenvalue weighted by Crippen LogP contribution is -2.44. The zero-order valence-electron chi connectivity index (χ0n) is 10.7. The summed E-state index contributed by atoms with van der Waals surface area (Å²) in [5, 5.41) is 11.1. The fourth-order valence-electron chi connectivity index (χ4n) is 1.28. The molecule has 2 N–H and O–H groups in total. The van der Waals surface area contributed by atoms with Crippen molar-refractivity contribution in [1.82, 2.24) is 20.2 Å². The van der Waals surface area contributed by atoms with Crippen LogP contribution in [0.2, 0.25) is 0 Å². The van der Waals surface area contributed by atoms with Crippen LogP contribution in [-0.2, 0) is 4.79 Å². The highest BCUT2D eigenvalue weighted by Crippen LogP contribution is 1.97. The fourth-order valence-corrected chi connectivity index (χ4v) is 1.28. The Kier molecular flexibility index (Phi) is 4.51. The summed E-state index contributed by atoms with van der Waals surface area (Å²) < 4.78 is 0. The molecule has 102 valence electrons. The van der Waals surface area contributed by atoms with Gasteiger partial charge in [0.1, 0.15) is 11.7 Å². The topological polar surface area (TPSA) is 112 Å². The number of hydrogen-bond acceptors (Lipinski definition) is 5. The standard InChI is InChI=1S/C11H14N4O4/c1-6(10(17)15(2)3)14-9(16)7-4-13-8(5-12-7)11(18)19/h4-6H,1-3H3,(H,14,16)(H,18,19)/t6-/m1/s1. The van der Waals surface area contributed by atoms with Gasteiger partial charge in [0, 0.05) is 14.1 Å². The molecule has 0 fully saturated rings. The van der Waals surface area contributed by atoms with Gasteiger partial charge in [0.25, 0.3) is 5.91 Å². The van der Waals surface area contributed by atoms with Crippen LogP contribution >= 0.6 is 0 Å². The average molecular weight is 266 g/mol. The average Bonchev–Trinajstić information content (AvgIpc) is 2.37. The summed E-state index contributed by atoms with van der Waals surface area (Å²) in [5.41, 5.74) is -0.308. The Hall–Kier alpha value is -2.51. The van der Waals surface area contributed by atoms with E-state index in [1.165, 1.54) is 4.90 Å². The number of rotatable bonds is 4. The van der Waals surface area contributed by atoms with E-state index in [2.05, 4.69) is 15.3 Å². The first-order valence-electron chi connectivity index (χ1n) is 5.40. The number of likely N-dealkylation sites (N-methyl/N-ethyl adjacent to an activating group) is 1. The van der Waals surface area contributed by atoms with E-state index in [0.717, 1.165) is 12.4 Å². The quantitative estimate of drug-likeness (QED) is 0.751. The summed E-state index contributed by atoms with van der Waals surface area (Å²) >= 11 is 0. The van der Waals surface area contributed by atoms with Crippen LogP contribution in [0.5, 0.6) is 0 Å². The molecule has 0 aliphatic heterocycles. The molecule has 0 aromatic carbocycles. The minimum Gasteiger partial charge on any atom is -0.476 e. The number of carbonyl (C=O) groups excluding carboxylic acids is 2. The zero-order chi connectivity index (χ0) is 14.6. The van der Waals surface area contributed by atoms with E-state index in [1.807, 2.05) is 0 Å². The summed E-state index contributed by atoms with van der Waals surface area (Å²) in [5.74, 6) is -2.08. The van der Waals surface area contributed by atoms with Crippen molar-refractivity contribution in [3.63, 3.8) is 0 Å². The molecule has 0 spiro atoms. The molecule has 0 unspecified atom stereocenters. The Morgan fingerprint density at radius 1 is 1.21 bits per heavy atom. The number of carboxylic acid groups (broad SMARTS) is 1. The monoisotopic (exact) mass is 266 g/mol. The molecule has 0 bridgehead atoms. The molecule has 1 aromatic heterocycles. The van der Waals surface area contributed by atoms with Crippen LogP contribution in [0.25, 0.3) is 0 Å². The molecule has 0 saturated carbocycles.